The number of rotatable bonds is 5. The van der Waals surface area contributed by atoms with Crippen LogP contribution < -0.4 is 11.1 Å². The largest absolute Gasteiger partial charge is 0.368 e. The van der Waals surface area contributed by atoms with Crippen molar-refractivity contribution < 1.29 is 14.3 Å². The van der Waals surface area contributed by atoms with E-state index in [2.05, 4.69) is 20.5 Å². The lowest BCUT2D eigenvalue weighted by molar-refractivity contribution is -0.138. The van der Waals surface area contributed by atoms with Gasteiger partial charge in [0, 0.05) is 24.7 Å². The minimum absolute atomic E-state index is 0.000935. The van der Waals surface area contributed by atoms with Gasteiger partial charge < -0.3 is 20.7 Å². The number of aromatic nitrogens is 3. The molecule has 9 nitrogen and oxygen atoms in total. The molecule has 5 heterocycles. The second kappa shape index (κ2) is 6.00. The summed E-state index contributed by atoms with van der Waals surface area (Å²) in [5.74, 6) is -0.982. The predicted molar refractivity (Wildman–Crippen MR) is 95.2 cm³/mol. The first-order chi connectivity index (χ1) is 13.1. The van der Waals surface area contributed by atoms with Gasteiger partial charge in [0.15, 0.2) is 5.65 Å². The fraction of sp³-hybridized carbons (Fsp3) is 0.556. The number of hydrogen-bond donors (Lipinski definition) is 3. The number of amides is 2. The van der Waals surface area contributed by atoms with Crippen LogP contribution in [0.2, 0.25) is 0 Å². The molecule has 2 aromatic heterocycles. The smallest absolute Gasteiger partial charge is 0.229 e. The Balaban J connectivity index is 1.34. The lowest BCUT2D eigenvalue weighted by Gasteiger charge is -2.26. The molecule has 2 aromatic rings. The van der Waals surface area contributed by atoms with Gasteiger partial charge in [-0.2, -0.15) is 5.10 Å². The first kappa shape index (κ1) is 16.6. The van der Waals surface area contributed by atoms with Crippen molar-refractivity contribution in [1.29, 1.82) is 0 Å². The van der Waals surface area contributed by atoms with Gasteiger partial charge in [-0.25, -0.2) is 4.98 Å². The standard InChI is InChI=1S/C18H22N6O3/c19-5-7-24-9-18-4-3-12(27-18)13(14(18)17(24)26)16(25)21-8-11-10-2-1-6-20-15(10)23-22-11/h1-2,6,12-14H,3-5,7-9,19H2,(H,21,25)(H,20,22,23)/t12-,13-,14+,18-/m0/s1. The Morgan fingerprint density at radius 1 is 1.52 bits per heavy atom. The zero-order chi connectivity index (χ0) is 18.6. The van der Waals surface area contributed by atoms with Gasteiger partial charge in [-0.3, -0.25) is 14.7 Å². The van der Waals surface area contributed by atoms with Gasteiger partial charge in [0.25, 0.3) is 0 Å². The van der Waals surface area contributed by atoms with Gasteiger partial charge in [-0.1, -0.05) is 0 Å². The summed E-state index contributed by atoms with van der Waals surface area (Å²) in [5, 5.41) is 10.9. The molecule has 1 spiro atoms. The van der Waals surface area contributed by atoms with E-state index >= 15 is 0 Å². The van der Waals surface area contributed by atoms with E-state index in [0.717, 1.165) is 23.9 Å². The first-order valence-corrected chi connectivity index (χ1v) is 9.35. The number of nitrogens with two attached hydrogens (primary N) is 1. The Bertz CT molecular complexity index is 913. The van der Waals surface area contributed by atoms with Gasteiger partial charge in [0.2, 0.25) is 11.8 Å². The average molecular weight is 370 g/mol. The molecule has 0 aliphatic carbocycles. The summed E-state index contributed by atoms with van der Waals surface area (Å²) in [7, 11) is 0. The zero-order valence-electron chi connectivity index (χ0n) is 14.9. The second-order valence-electron chi connectivity index (χ2n) is 7.61. The molecule has 0 saturated carbocycles. The number of carbonyl (C=O) groups excluding carboxylic acids is 2. The highest BCUT2D eigenvalue weighted by Crippen LogP contribution is 2.55. The van der Waals surface area contributed by atoms with Crippen LogP contribution in [0, 0.1) is 11.8 Å². The highest BCUT2D eigenvalue weighted by molar-refractivity contribution is 5.92. The highest BCUT2D eigenvalue weighted by atomic mass is 16.5. The number of pyridine rings is 1. The number of nitrogens with one attached hydrogen (secondary N) is 2. The number of likely N-dealkylation sites (tertiary alicyclic amines) is 1. The van der Waals surface area contributed by atoms with E-state index in [1.807, 2.05) is 12.1 Å². The molecule has 3 fully saturated rings. The van der Waals surface area contributed by atoms with Gasteiger partial charge in [0.05, 0.1) is 42.3 Å². The van der Waals surface area contributed by atoms with Crippen LogP contribution in [-0.2, 0) is 20.9 Å². The fourth-order valence-electron chi connectivity index (χ4n) is 5.02. The normalized spacial score (nSPS) is 31.7. The predicted octanol–water partition coefficient (Wildman–Crippen LogP) is -0.461. The van der Waals surface area contributed by atoms with Crippen molar-refractivity contribution in [3.8, 4) is 0 Å². The molecule has 0 aromatic carbocycles. The topological polar surface area (TPSA) is 126 Å². The number of aromatic amines is 1. The number of fused-ring (bicyclic) bond motifs is 2. The second-order valence-corrected chi connectivity index (χ2v) is 7.61. The summed E-state index contributed by atoms with van der Waals surface area (Å²) in [4.78, 5) is 31.8. The van der Waals surface area contributed by atoms with Crippen molar-refractivity contribution in [2.75, 3.05) is 19.6 Å². The lowest BCUT2D eigenvalue weighted by atomic mass is 9.73. The number of ether oxygens (including phenoxy) is 1. The third kappa shape index (κ3) is 2.38. The summed E-state index contributed by atoms with van der Waals surface area (Å²) in [5.41, 5.74) is 6.54. The molecule has 4 atom stereocenters. The fourth-order valence-corrected chi connectivity index (χ4v) is 5.02. The molecule has 3 aliphatic rings. The molecular formula is C18H22N6O3. The molecule has 0 unspecified atom stereocenters. The van der Waals surface area contributed by atoms with Crippen LogP contribution in [0.15, 0.2) is 18.3 Å². The molecule has 3 saturated heterocycles. The molecule has 142 valence electrons. The van der Waals surface area contributed by atoms with Gasteiger partial charge >= 0.3 is 0 Å². The van der Waals surface area contributed by atoms with Gasteiger partial charge in [-0.15, -0.1) is 0 Å². The van der Waals surface area contributed by atoms with Crippen molar-refractivity contribution in [2.24, 2.45) is 17.6 Å². The van der Waals surface area contributed by atoms with Crippen LogP contribution in [-0.4, -0.2) is 63.2 Å². The van der Waals surface area contributed by atoms with E-state index in [1.165, 1.54) is 0 Å². The zero-order valence-corrected chi connectivity index (χ0v) is 14.9. The third-order valence-corrected chi connectivity index (χ3v) is 6.15. The molecule has 27 heavy (non-hydrogen) atoms. The average Bonchev–Trinajstić information content (AvgIpc) is 3.40. The van der Waals surface area contributed by atoms with E-state index in [9.17, 15) is 9.59 Å². The SMILES string of the molecule is NCCN1C[C@]23CC[C@H](O2)[C@H](C(=O)NCc2[nH]nc4ncccc24)[C@@H]3C1=O. The van der Waals surface area contributed by atoms with Crippen molar-refractivity contribution in [1.82, 2.24) is 25.4 Å². The molecule has 9 heteroatoms. The van der Waals surface area contributed by atoms with Crippen LogP contribution in [0.5, 0.6) is 0 Å². The lowest BCUT2D eigenvalue weighted by Crippen LogP contribution is -2.45. The van der Waals surface area contributed by atoms with Crippen molar-refractivity contribution in [2.45, 2.75) is 31.1 Å². The molecule has 0 radical (unpaired) electrons. The van der Waals surface area contributed by atoms with Crippen LogP contribution in [0.1, 0.15) is 18.5 Å². The maximum atomic E-state index is 13.0. The maximum absolute atomic E-state index is 13.0. The molecular weight excluding hydrogens is 348 g/mol. The van der Waals surface area contributed by atoms with E-state index in [-0.39, 0.29) is 17.9 Å². The summed E-state index contributed by atoms with van der Waals surface area (Å²) < 4.78 is 6.18. The summed E-state index contributed by atoms with van der Waals surface area (Å²) in [6, 6.07) is 3.74. The quantitative estimate of drug-likeness (QED) is 0.654. The molecule has 2 amide bonds. The van der Waals surface area contributed by atoms with Crippen molar-refractivity contribution in [3.05, 3.63) is 24.0 Å². The summed E-state index contributed by atoms with van der Waals surface area (Å²) >= 11 is 0. The minimum atomic E-state index is -0.510. The van der Waals surface area contributed by atoms with E-state index < -0.39 is 17.4 Å². The Labute approximate surface area is 155 Å². The Morgan fingerprint density at radius 2 is 2.41 bits per heavy atom. The minimum Gasteiger partial charge on any atom is -0.368 e. The number of carbonyl (C=O) groups is 2. The van der Waals surface area contributed by atoms with Crippen LogP contribution in [0.3, 0.4) is 0 Å². The molecule has 3 aliphatic heterocycles. The monoisotopic (exact) mass is 370 g/mol. The number of hydrogen-bond acceptors (Lipinski definition) is 6. The molecule has 4 N–H and O–H groups in total. The van der Waals surface area contributed by atoms with E-state index in [1.54, 1.807) is 11.1 Å². The molecule has 2 bridgehead atoms. The van der Waals surface area contributed by atoms with Crippen LogP contribution >= 0.6 is 0 Å². The van der Waals surface area contributed by atoms with Crippen molar-refractivity contribution >= 4 is 22.8 Å². The first-order valence-electron chi connectivity index (χ1n) is 9.35. The van der Waals surface area contributed by atoms with Crippen molar-refractivity contribution in [3.63, 3.8) is 0 Å². The highest BCUT2D eigenvalue weighted by Gasteiger charge is 2.68. The number of nitrogens with zero attached hydrogens (tertiary/aromatic N) is 3. The van der Waals surface area contributed by atoms with E-state index in [4.69, 9.17) is 10.5 Å². The van der Waals surface area contributed by atoms with Gasteiger partial charge in [0.1, 0.15) is 0 Å². The number of H-pyrrole nitrogens is 1. The summed E-state index contributed by atoms with van der Waals surface area (Å²) in [6.45, 7) is 1.78. The van der Waals surface area contributed by atoms with Gasteiger partial charge in [-0.05, 0) is 25.0 Å². The van der Waals surface area contributed by atoms with E-state index in [0.29, 0.717) is 31.8 Å². The van der Waals surface area contributed by atoms with Crippen LogP contribution in [0.25, 0.3) is 11.0 Å². The Morgan fingerprint density at radius 3 is 3.26 bits per heavy atom. The maximum Gasteiger partial charge on any atom is 0.229 e. The third-order valence-electron chi connectivity index (χ3n) is 6.15. The summed E-state index contributed by atoms with van der Waals surface area (Å²) in [6.07, 6.45) is 3.14. The Kier molecular flexibility index (Phi) is 3.70. The Hall–Kier alpha value is -2.52. The van der Waals surface area contributed by atoms with Crippen LogP contribution in [0.4, 0.5) is 0 Å². The molecule has 5 rings (SSSR count).